The Morgan fingerprint density at radius 3 is 0.803 bits per heavy atom. The predicted octanol–water partition coefficient (Wildman–Crippen LogP) is 21.2. The maximum Gasteiger partial charge on any atom is 0.306 e. The zero-order chi connectivity index (χ0) is 55.0. The Labute approximate surface area is 467 Å². The molecule has 1 atom stereocenters. The number of ether oxygens (including phenoxy) is 3. The molecule has 0 fully saturated rings. The van der Waals surface area contributed by atoms with Gasteiger partial charge in [0.25, 0.3) is 0 Å². The van der Waals surface area contributed by atoms with E-state index in [2.05, 4.69) is 167 Å². The molecular formula is C70H112O6. The third-order valence-electron chi connectivity index (χ3n) is 12.6. The zero-order valence-electron chi connectivity index (χ0n) is 49.0. The van der Waals surface area contributed by atoms with Gasteiger partial charge in [0, 0.05) is 19.3 Å². The molecule has 0 rings (SSSR count). The van der Waals surface area contributed by atoms with Gasteiger partial charge in [-0.15, -0.1) is 0 Å². The van der Waals surface area contributed by atoms with Crippen LogP contribution in [0.2, 0.25) is 0 Å². The fourth-order valence-corrected chi connectivity index (χ4v) is 8.04. The van der Waals surface area contributed by atoms with Gasteiger partial charge < -0.3 is 14.2 Å². The molecule has 76 heavy (non-hydrogen) atoms. The number of rotatable bonds is 54. The van der Waals surface area contributed by atoms with Crippen LogP contribution >= 0.6 is 0 Å². The van der Waals surface area contributed by atoms with E-state index in [1.165, 1.54) is 83.5 Å². The SMILES string of the molecule is CC/C=C\C/C=C\C/C=C\C/C=C\C/C=C\C/C=C\CCCCC(=O)OCC(COC(=O)CCCCCCCCCCCCCCCCCC)OC(=O)CCCC/C=C\C/C=C\C/C=C\C/C=C\C/C=C\C/C=C\CC. The molecule has 0 amide bonds. The van der Waals surface area contributed by atoms with Crippen molar-refractivity contribution >= 4 is 17.9 Å². The van der Waals surface area contributed by atoms with Crippen LogP contribution in [0, 0.1) is 0 Å². The predicted molar refractivity (Wildman–Crippen MR) is 329 cm³/mol. The van der Waals surface area contributed by atoms with Gasteiger partial charge in [-0.1, -0.05) is 263 Å². The van der Waals surface area contributed by atoms with E-state index in [-0.39, 0.29) is 44.0 Å². The van der Waals surface area contributed by atoms with Crippen molar-refractivity contribution < 1.29 is 28.6 Å². The molecule has 0 N–H and O–H groups in total. The van der Waals surface area contributed by atoms with E-state index >= 15 is 0 Å². The van der Waals surface area contributed by atoms with Crippen molar-refractivity contribution in [2.24, 2.45) is 0 Å². The van der Waals surface area contributed by atoms with E-state index in [0.29, 0.717) is 19.3 Å². The monoisotopic (exact) mass is 1050 g/mol. The number of carbonyl (C=O) groups is 3. The van der Waals surface area contributed by atoms with Crippen LogP contribution in [0.1, 0.15) is 258 Å². The quantitative estimate of drug-likeness (QED) is 0.0261. The largest absolute Gasteiger partial charge is 0.462 e. The normalized spacial score (nSPS) is 13.1. The van der Waals surface area contributed by atoms with E-state index < -0.39 is 6.10 Å². The standard InChI is InChI=1S/C70H112O6/c1-4-7-10-13-16-19-22-25-28-31-33-35-37-39-42-45-48-51-54-57-60-63-69(72)75-66-67(65-74-68(71)62-59-56-53-50-47-44-41-30-27-24-21-18-15-12-9-6-3)76-70(73)64-61-58-55-52-49-46-43-40-38-36-34-32-29-26-23-20-17-14-11-8-5-2/h7-8,10-11,16-17,19-20,25-26,28-29,33-36,39-40,42-43,48-49,51-52,67H,4-6,9,12-15,18,21-24,27,30-32,37-38,41,44-47,50,53-66H2,1-3H3/b10-7-,11-8-,19-16-,20-17-,28-25-,29-26-,35-33-,36-34-,42-39-,43-40-,51-48-,52-49-. The van der Waals surface area contributed by atoms with Gasteiger partial charge in [0.2, 0.25) is 0 Å². The molecule has 0 saturated heterocycles. The van der Waals surface area contributed by atoms with E-state index in [1.54, 1.807) is 0 Å². The highest BCUT2D eigenvalue weighted by Gasteiger charge is 2.19. The van der Waals surface area contributed by atoms with Gasteiger partial charge >= 0.3 is 17.9 Å². The molecule has 0 saturated carbocycles. The highest BCUT2D eigenvalue weighted by Crippen LogP contribution is 2.15. The summed E-state index contributed by atoms with van der Waals surface area (Å²) in [6, 6.07) is 0. The van der Waals surface area contributed by atoms with Crippen molar-refractivity contribution in [3.63, 3.8) is 0 Å². The fourth-order valence-electron chi connectivity index (χ4n) is 8.04. The molecule has 0 aromatic carbocycles. The lowest BCUT2D eigenvalue weighted by molar-refractivity contribution is -0.167. The number of carbonyl (C=O) groups excluding carboxylic acids is 3. The minimum atomic E-state index is -0.826. The van der Waals surface area contributed by atoms with Crippen LogP contribution in [0.25, 0.3) is 0 Å². The molecule has 0 aliphatic rings. The van der Waals surface area contributed by atoms with Crippen LogP contribution in [0.15, 0.2) is 146 Å². The van der Waals surface area contributed by atoms with Crippen LogP contribution in [0.3, 0.4) is 0 Å². The summed E-state index contributed by atoms with van der Waals surface area (Å²) in [4.78, 5) is 38.3. The number of hydrogen-bond acceptors (Lipinski definition) is 6. The Bertz CT molecular complexity index is 1680. The van der Waals surface area contributed by atoms with Crippen LogP contribution in [-0.2, 0) is 28.6 Å². The summed E-state index contributed by atoms with van der Waals surface area (Å²) >= 11 is 0. The Hall–Kier alpha value is -4.71. The molecule has 6 heteroatoms. The lowest BCUT2D eigenvalue weighted by Gasteiger charge is -2.18. The van der Waals surface area contributed by atoms with Gasteiger partial charge in [-0.3, -0.25) is 14.4 Å². The van der Waals surface area contributed by atoms with Gasteiger partial charge in [-0.2, -0.15) is 0 Å². The molecule has 0 radical (unpaired) electrons. The fraction of sp³-hybridized carbons (Fsp3) is 0.614. The summed E-state index contributed by atoms with van der Waals surface area (Å²) in [6.07, 6.45) is 89.9. The van der Waals surface area contributed by atoms with Crippen molar-refractivity contribution in [2.75, 3.05) is 13.2 Å². The van der Waals surface area contributed by atoms with Gasteiger partial charge in [0.1, 0.15) is 13.2 Å². The highest BCUT2D eigenvalue weighted by atomic mass is 16.6. The molecule has 428 valence electrons. The Balaban J connectivity index is 4.57. The summed E-state index contributed by atoms with van der Waals surface area (Å²) < 4.78 is 16.8. The molecular weight excluding hydrogens is 937 g/mol. The molecule has 0 aliphatic carbocycles. The lowest BCUT2D eigenvalue weighted by atomic mass is 10.0. The number of esters is 3. The first kappa shape index (κ1) is 71.3. The second-order valence-corrected chi connectivity index (χ2v) is 19.9. The minimum absolute atomic E-state index is 0.113. The highest BCUT2D eigenvalue weighted by molar-refractivity contribution is 5.71. The van der Waals surface area contributed by atoms with Gasteiger partial charge in [-0.25, -0.2) is 0 Å². The number of hydrogen-bond donors (Lipinski definition) is 0. The van der Waals surface area contributed by atoms with E-state index in [0.717, 1.165) is 122 Å². The first-order valence-corrected chi connectivity index (χ1v) is 30.8. The molecule has 0 heterocycles. The Morgan fingerprint density at radius 2 is 0.513 bits per heavy atom. The van der Waals surface area contributed by atoms with Crippen LogP contribution in [0.4, 0.5) is 0 Å². The summed E-state index contributed by atoms with van der Waals surface area (Å²) in [5.41, 5.74) is 0. The number of allylic oxidation sites excluding steroid dienone is 24. The van der Waals surface area contributed by atoms with E-state index in [9.17, 15) is 14.4 Å². The maximum atomic E-state index is 12.9. The average Bonchev–Trinajstić information content (AvgIpc) is 3.42. The molecule has 0 aliphatic heterocycles. The summed E-state index contributed by atoms with van der Waals surface area (Å²) in [5.74, 6) is -1.00. The molecule has 1 unspecified atom stereocenters. The second kappa shape index (κ2) is 62.8. The van der Waals surface area contributed by atoms with Gasteiger partial charge in [0.15, 0.2) is 6.10 Å². The minimum Gasteiger partial charge on any atom is -0.462 e. The molecule has 0 aromatic rings. The summed E-state index contributed by atoms with van der Waals surface area (Å²) in [7, 11) is 0. The Morgan fingerprint density at radius 1 is 0.276 bits per heavy atom. The third kappa shape index (κ3) is 60.2. The van der Waals surface area contributed by atoms with Crippen LogP contribution in [0.5, 0.6) is 0 Å². The van der Waals surface area contributed by atoms with Crippen molar-refractivity contribution in [3.05, 3.63) is 146 Å². The van der Waals surface area contributed by atoms with E-state index in [4.69, 9.17) is 14.2 Å². The van der Waals surface area contributed by atoms with Crippen molar-refractivity contribution in [1.82, 2.24) is 0 Å². The van der Waals surface area contributed by atoms with E-state index in [1.807, 2.05) is 0 Å². The van der Waals surface area contributed by atoms with Crippen molar-refractivity contribution in [2.45, 2.75) is 264 Å². The van der Waals surface area contributed by atoms with Crippen molar-refractivity contribution in [1.29, 1.82) is 0 Å². The maximum absolute atomic E-state index is 12.9. The topological polar surface area (TPSA) is 78.9 Å². The van der Waals surface area contributed by atoms with Crippen molar-refractivity contribution in [3.8, 4) is 0 Å². The second-order valence-electron chi connectivity index (χ2n) is 19.9. The summed E-state index contributed by atoms with van der Waals surface area (Å²) in [6.45, 7) is 6.35. The lowest BCUT2D eigenvalue weighted by Crippen LogP contribution is -2.30. The third-order valence-corrected chi connectivity index (χ3v) is 12.6. The van der Waals surface area contributed by atoms with Gasteiger partial charge in [-0.05, 0) is 122 Å². The first-order valence-electron chi connectivity index (χ1n) is 30.8. The van der Waals surface area contributed by atoms with Crippen LogP contribution in [-0.4, -0.2) is 37.2 Å². The summed E-state index contributed by atoms with van der Waals surface area (Å²) in [5, 5.41) is 0. The Kier molecular flexibility index (Phi) is 58.9. The average molecular weight is 1050 g/mol. The first-order chi connectivity index (χ1) is 37.5. The number of unbranched alkanes of at least 4 members (excludes halogenated alkanes) is 19. The smallest absolute Gasteiger partial charge is 0.306 e. The van der Waals surface area contributed by atoms with Gasteiger partial charge in [0.05, 0.1) is 0 Å². The molecule has 0 spiro atoms. The molecule has 0 bridgehead atoms. The molecule has 0 aromatic heterocycles. The van der Waals surface area contributed by atoms with Crippen LogP contribution < -0.4 is 0 Å². The molecule has 6 nitrogen and oxygen atoms in total. The zero-order valence-corrected chi connectivity index (χ0v) is 49.0.